The third-order valence-electron chi connectivity index (χ3n) is 9.79. The highest BCUT2D eigenvalue weighted by molar-refractivity contribution is 5.82. The Hall–Kier alpha value is -0.370. The lowest BCUT2D eigenvalue weighted by Gasteiger charge is -2.61. The average Bonchev–Trinajstić information content (AvgIpc) is 2.81. The lowest BCUT2D eigenvalue weighted by atomic mass is 9.43. The van der Waals surface area contributed by atoms with Gasteiger partial charge in [0.25, 0.3) is 0 Å². The molecule has 0 saturated heterocycles. The molecule has 0 aromatic rings. The Bertz CT molecular complexity index is 556. The standard InChI is InChI=1S/C23H38O2/c1-5-10-23(25)12-9-19-17-7-6-16-13-20(24)15(2)14-21(16,3)18(17)8-11-22(19,23)4/h15-19,25H,5-14H2,1-4H3/t15-,16+,17+,18-,19-,21+,22+,23+/m1/s1. The van der Waals surface area contributed by atoms with Crippen LogP contribution in [0.4, 0.5) is 0 Å². The number of carbonyl (C=O) groups is 1. The fraction of sp³-hybridized carbons (Fsp3) is 0.957. The molecule has 0 unspecified atom stereocenters. The van der Waals surface area contributed by atoms with Crippen molar-refractivity contribution in [3.63, 3.8) is 0 Å². The summed E-state index contributed by atoms with van der Waals surface area (Å²) in [4.78, 5) is 12.3. The molecule has 1 N–H and O–H groups in total. The maximum absolute atomic E-state index is 12.3. The van der Waals surface area contributed by atoms with E-state index in [1.165, 1.54) is 32.1 Å². The van der Waals surface area contributed by atoms with Crippen LogP contribution in [0.1, 0.15) is 91.9 Å². The van der Waals surface area contributed by atoms with Gasteiger partial charge in [-0.1, -0.05) is 34.1 Å². The molecular formula is C23H38O2. The van der Waals surface area contributed by atoms with Crippen LogP contribution in [0.2, 0.25) is 0 Å². The van der Waals surface area contributed by atoms with Gasteiger partial charge in [0.1, 0.15) is 5.78 Å². The molecular weight excluding hydrogens is 308 g/mol. The molecule has 0 aromatic heterocycles. The van der Waals surface area contributed by atoms with E-state index >= 15 is 0 Å². The van der Waals surface area contributed by atoms with Gasteiger partial charge in [0, 0.05) is 12.3 Å². The van der Waals surface area contributed by atoms with Crippen LogP contribution in [0.15, 0.2) is 0 Å². The smallest absolute Gasteiger partial charge is 0.136 e. The quantitative estimate of drug-likeness (QED) is 0.729. The van der Waals surface area contributed by atoms with Crippen molar-refractivity contribution in [3.8, 4) is 0 Å². The van der Waals surface area contributed by atoms with Gasteiger partial charge in [0.2, 0.25) is 0 Å². The maximum Gasteiger partial charge on any atom is 0.136 e. The summed E-state index contributed by atoms with van der Waals surface area (Å²) in [6, 6.07) is 0. The second kappa shape index (κ2) is 5.81. The van der Waals surface area contributed by atoms with Crippen LogP contribution in [-0.4, -0.2) is 16.5 Å². The van der Waals surface area contributed by atoms with E-state index in [0.717, 1.165) is 43.9 Å². The first kappa shape index (κ1) is 18.0. The first-order valence-electron chi connectivity index (χ1n) is 11.0. The fourth-order valence-electron chi connectivity index (χ4n) is 8.34. The van der Waals surface area contributed by atoms with Gasteiger partial charge in [-0.3, -0.25) is 4.79 Å². The van der Waals surface area contributed by atoms with E-state index in [4.69, 9.17) is 0 Å². The molecule has 142 valence electrons. The van der Waals surface area contributed by atoms with Crippen molar-refractivity contribution in [2.24, 2.45) is 40.4 Å². The molecule has 8 atom stereocenters. The molecule has 2 heteroatoms. The summed E-state index contributed by atoms with van der Waals surface area (Å²) in [7, 11) is 0. The van der Waals surface area contributed by atoms with Crippen molar-refractivity contribution < 1.29 is 9.90 Å². The SMILES string of the molecule is CCC[C@]1(O)CC[C@@H]2[C@H]3CC[C@H]4CC(=O)[C@H](C)C[C@]4(C)[C@@H]3CC[C@@]21C. The Balaban J connectivity index is 1.63. The molecule has 4 rings (SSSR count). The average molecular weight is 347 g/mol. The Morgan fingerprint density at radius 3 is 2.52 bits per heavy atom. The summed E-state index contributed by atoms with van der Waals surface area (Å²) in [6.45, 7) is 9.31. The Kier molecular flexibility index (Phi) is 4.19. The van der Waals surface area contributed by atoms with Crippen LogP contribution in [0.5, 0.6) is 0 Å². The number of hydrogen-bond acceptors (Lipinski definition) is 2. The third-order valence-corrected chi connectivity index (χ3v) is 9.79. The van der Waals surface area contributed by atoms with Crippen LogP contribution in [-0.2, 0) is 4.79 Å². The Labute approximate surface area is 154 Å². The van der Waals surface area contributed by atoms with E-state index in [-0.39, 0.29) is 11.3 Å². The molecule has 2 nitrogen and oxygen atoms in total. The van der Waals surface area contributed by atoms with E-state index in [1.54, 1.807) is 0 Å². The lowest BCUT2D eigenvalue weighted by molar-refractivity contribution is -0.162. The van der Waals surface area contributed by atoms with Gasteiger partial charge in [0.05, 0.1) is 5.60 Å². The van der Waals surface area contributed by atoms with Crippen LogP contribution in [0.25, 0.3) is 0 Å². The second-order valence-corrected chi connectivity index (χ2v) is 10.7. The molecule has 4 fully saturated rings. The molecule has 0 aliphatic heterocycles. The van der Waals surface area contributed by atoms with Gasteiger partial charge in [-0.2, -0.15) is 0 Å². The van der Waals surface area contributed by atoms with Crippen LogP contribution >= 0.6 is 0 Å². The van der Waals surface area contributed by atoms with E-state index in [2.05, 4.69) is 27.7 Å². The highest BCUT2D eigenvalue weighted by Crippen LogP contribution is 2.68. The third kappa shape index (κ3) is 2.35. The molecule has 25 heavy (non-hydrogen) atoms. The van der Waals surface area contributed by atoms with Crippen molar-refractivity contribution in [1.82, 2.24) is 0 Å². The lowest BCUT2D eigenvalue weighted by Crippen LogP contribution is -2.57. The van der Waals surface area contributed by atoms with Crippen LogP contribution in [0, 0.1) is 40.4 Å². The van der Waals surface area contributed by atoms with Crippen molar-refractivity contribution in [2.75, 3.05) is 0 Å². The second-order valence-electron chi connectivity index (χ2n) is 10.7. The van der Waals surface area contributed by atoms with Crippen LogP contribution in [0.3, 0.4) is 0 Å². The van der Waals surface area contributed by atoms with Gasteiger partial charge >= 0.3 is 0 Å². The van der Waals surface area contributed by atoms with Crippen molar-refractivity contribution in [3.05, 3.63) is 0 Å². The number of carbonyl (C=O) groups excluding carboxylic acids is 1. The summed E-state index contributed by atoms with van der Waals surface area (Å²) >= 11 is 0. The molecule has 0 radical (unpaired) electrons. The van der Waals surface area contributed by atoms with Gasteiger partial charge < -0.3 is 5.11 Å². The maximum atomic E-state index is 12.3. The molecule has 4 aliphatic carbocycles. The summed E-state index contributed by atoms with van der Waals surface area (Å²) in [5.41, 5.74) is 0.0669. The van der Waals surface area contributed by atoms with E-state index in [9.17, 15) is 9.90 Å². The molecule has 0 bridgehead atoms. The van der Waals surface area contributed by atoms with Crippen molar-refractivity contribution in [2.45, 2.75) is 97.5 Å². The van der Waals surface area contributed by atoms with E-state index in [1.807, 2.05) is 0 Å². The molecule has 0 amide bonds. The predicted octanol–water partition coefficient (Wildman–Crippen LogP) is 5.38. The van der Waals surface area contributed by atoms with Crippen molar-refractivity contribution in [1.29, 1.82) is 0 Å². The Morgan fingerprint density at radius 2 is 1.80 bits per heavy atom. The molecule has 0 spiro atoms. The van der Waals surface area contributed by atoms with Crippen molar-refractivity contribution >= 4 is 5.78 Å². The fourth-order valence-corrected chi connectivity index (χ4v) is 8.34. The predicted molar refractivity (Wildman–Crippen MR) is 101 cm³/mol. The van der Waals surface area contributed by atoms with Gasteiger partial charge in [0.15, 0.2) is 0 Å². The number of ketones is 1. The van der Waals surface area contributed by atoms with E-state index < -0.39 is 5.60 Å². The summed E-state index contributed by atoms with van der Waals surface area (Å²) in [6.07, 6.45) is 11.3. The molecule has 4 aliphatic rings. The number of fused-ring (bicyclic) bond motifs is 5. The molecule has 0 heterocycles. The normalized spacial score (nSPS) is 55.4. The minimum Gasteiger partial charge on any atom is -0.389 e. The first-order chi connectivity index (χ1) is 11.7. The zero-order valence-corrected chi connectivity index (χ0v) is 16.8. The summed E-state index contributed by atoms with van der Waals surface area (Å²) in [5.74, 6) is 3.66. The minimum absolute atomic E-state index is 0.128. The van der Waals surface area contributed by atoms with Gasteiger partial charge in [-0.15, -0.1) is 0 Å². The van der Waals surface area contributed by atoms with E-state index in [0.29, 0.717) is 23.0 Å². The highest BCUT2D eigenvalue weighted by atomic mass is 16.3. The summed E-state index contributed by atoms with van der Waals surface area (Å²) < 4.78 is 0. The van der Waals surface area contributed by atoms with Gasteiger partial charge in [-0.25, -0.2) is 0 Å². The topological polar surface area (TPSA) is 37.3 Å². The number of aliphatic hydroxyl groups is 1. The number of rotatable bonds is 2. The van der Waals surface area contributed by atoms with Gasteiger partial charge in [-0.05, 0) is 85.9 Å². The Morgan fingerprint density at radius 1 is 1.08 bits per heavy atom. The number of Topliss-reactive ketones (excluding diaryl/α,β-unsaturated/α-hetero) is 1. The zero-order chi connectivity index (χ0) is 18.0. The minimum atomic E-state index is -0.426. The zero-order valence-electron chi connectivity index (χ0n) is 16.8. The largest absolute Gasteiger partial charge is 0.389 e. The summed E-state index contributed by atoms with van der Waals surface area (Å²) in [5, 5.41) is 11.5. The monoisotopic (exact) mass is 346 g/mol. The molecule has 4 saturated carbocycles. The highest BCUT2D eigenvalue weighted by Gasteiger charge is 2.64. The first-order valence-corrected chi connectivity index (χ1v) is 11.0. The van der Waals surface area contributed by atoms with Crippen LogP contribution < -0.4 is 0 Å². The molecule has 0 aromatic carbocycles. The number of hydrogen-bond donors (Lipinski definition) is 1.